The first kappa shape index (κ1) is 15.4. The smallest absolute Gasteiger partial charge is 0.152 e. The summed E-state index contributed by atoms with van der Waals surface area (Å²) in [6.45, 7) is 4.26. The molecule has 0 heterocycles. The van der Waals surface area contributed by atoms with Gasteiger partial charge in [0.05, 0.1) is 16.0 Å². The Bertz CT molecular complexity index is 469. The number of hydrogen-bond donors (Lipinski definition) is 0. The van der Waals surface area contributed by atoms with Gasteiger partial charge in [-0.25, -0.2) is 0 Å². The van der Waals surface area contributed by atoms with Gasteiger partial charge in [0.2, 0.25) is 0 Å². The molecule has 0 aromatic heterocycles. The Kier molecular flexibility index (Phi) is 5.53. The zero-order chi connectivity index (χ0) is 14.5. The first-order valence-corrected chi connectivity index (χ1v) is 8.89. The summed E-state index contributed by atoms with van der Waals surface area (Å²) in [7, 11) is -1.19. The van der Waals surface area contributed by atoms with Gasteiger partial charge in [-0.2, -0.15) is 0 Å². The lowest BCUT2D eigenvalue weighted by atomic mass is 9.89. The van der Waals surface area contributed by atoms with Crippen LogP contribution in [0.5, 0.6) is 0 Å². The van der Waals surface area contributed by atoms with E-state index >= 15 is 0 Å². The highest BCUT2D eigenvalue weighted by atomic mass is 32.2. The van der Waals surface area contributed by atoms with Crippen molar-refractivity contribution < 1.29 is 9.00 Å². The normalized spacial score (nSPS) is 27.7. The summed E-state index contributed by atoms with van der Waals surface area (Å²) >= 11 is 0. The summed E-state index contributed by atoms with van der Waals surface area (Å²) in [5, 5.41) is -0.288. The largest absolute Gasteiger partial charge is 0.298 e. The Balaban J connectivity index is 2.13. The van der Waals surface area contributed by atoms with Crippen LogP contribution in [0.4, 0.5) is 0 Å². The van der Waals surface area contributed by atoms with Crippen LogP contribution in [0.2, 0.25) is 0 Å². The predicted octanol–water partition coefficient (Wildman–Crippen LogP) is 3.97. The van der Waals surface area contributed by atoms with E-state index in [4.69, 9.17) is 0 Å². The molecule has 1 aromatic rings. The number of carbonyl (C=O) groups excluding carboxylic acids is 1. The van der Waals surface area contributed by atoms with Gasteiger partial charge in [0.1, 0.15) is 0 Å². The molecule has 1 aliphatic rings. The van der Waals surface area contributed by atoms with E-state index in [0.29, 0.717) is 5.92 Å². The molecule has 1 fully saturated rings. The molecule has 0 radical (unpaired) electrons. The highest BCUT2D eigenvalue weighted by molar-refractivity contribution is 7.86. The molecule has 2 rings (SSSR count). The van der Waals surface area contributed by atoms with Crippen LogP contribution in [0.15, 0.2) is 35.2 Å². The van der Waals surface area contributed by atoms with Gasteiger partial charge >= 0.3 is 0 Å². The Morgan fingerprint density at radius 3 is 2.50 bits per heavy atom. The Morgan fingerprint density at radius 2 is 1.90 bits per heavy atom. The van der Waals surface area contributed by atoms with Gasteiger partial charge < -0.3 is 0 Å². The van der Waals surface area contributed by atoms with Gasteiger partial charge in [-0.15, -0.1) is 0 Å². The van der Waals surface area contributed by atoms with Crippen molar-refractivity contribution in [3.8, 4) is 0 Å². The van der Waals surface area contributed by atoms with Gasteiger partial charge in [-0.05, 0) is 37.3 Å². The van der Waals surface area contributed by atoms with E-state index in [-0.39, 0.29) is 17.0 Å². The lowest BCUT2D eigenvalue weighted by Gasteiger charge is -2.15. The van der Waals surface area contributed by atoms with Crippen molar-refractivity contribution in [3.05, 3.63) is 30.3 Å². The molecule has 3 heteroatoms. The number of hydrogen-bond acceptors (Lipinski definition) is 2. The van der Waals surface area contributed by atoms with Crippen LogP contribution in [0, 0.1) is 11.8 Å². The molecule has 0 aliphatic heterocycles. The summed E-state index contributed by atoms with van der Waals surface area (Å²) in [5.74, 6) is 0.792. The van der Waals surface area contributed by atoms with E-state index in [9.17, 15) is 9.00 Å². The fourth-order valence-corrected chi connectivity index (χ4v) is 4.82. The second-order valence-corrected chi connectivity index (χ2v) is 7.29. The molecule has 1 aliphatic carbocycles. The van der Waals surface area contributed by atoms with Crippen molar-refractivity contribution in [3.63, 3.8) is 0 Å². The van der Waals surface area contributed by atoms with Gasteiger partial charge in [0.15, 0.2) is 5.78 Å². The first-order chi connectivity index (χ1) is 9.69. The number of unbranched alkanes of at least 4 members (excludes halogenated alkanes) is 1. The highest BCUT2D eigenvalue weighted by Crippen LogP contribution is 2.38. The first-order valence-electron chi connectivity index (χ1n) is 7.68. The van der Waals surface area contributed by atoms with Gasteiger partial charge in [0.25, 0.3) is 0 Å². The lowest BCUT2D eigenvalue weighted by Crippen LogP contribution is -2.23. The molecular weight excluding hydrogens is 268 g/mol. The second-order valence-electron chi connectivity index (χ2n) is 5.65. The van der Waals surface area contributed by atoms with E-state index in [1.54, 1.807) is 0 Å². The van der Waals surface area contributed by atoms with Crippen LogP contribution in [-0.4, -0.2) is 15.2 Å². The molecule has 110 valence electrons. The average molecular weight is 292 g/mol. The molecule has 4 atom stereocenters. The van der Waals surface area contributed by atoms with Crippen LogP contribution in [-0.2, 0) is 15.6 Å². The molecule has 0 N–H and O–H groups in total. The minimum Gasteiger partial charge on any atom is -0.298 e. The molecule has 4 unspecified atom stereocenters. The summed E-state index contributed by atoms with van der Waals surface area (Å²) < 4.78 is 12.6. The van der Waals surface area contributed by atoms with Gasteiger partial charge in [-0.1, -0.05) is 44.9 Å². The summed E-state index contributed by atoms with van der Waals surface area (Å²) in [6.07, 6.45) is 5.12. The lowest BCUT2D eigenvalue weighted by molar-refractivity contribution is -0.121. The maximum Gasteiger partial charge on any atom is 0.152 e. The third kappa shape index (κ3) is 3.20. The summed E-state index contributed by atoms with van der Waals surface area (Å²) in [6, 6.07) is 9.42. The van der Waals surface area contributed by atoms with Crippen molar-refractivity contribution in [2.75, 3.05) is 0 Å². The Morgan fingerprint density at radius 1 is 1.20 bits per heavy atom. The van der Waals surface area contributed by atoms with Crippen molar-refractivity contribution >= 4 is 16.6 Å². The van der Waals surface area contributed by atoms with Crippen molar-refractivity contribution in [1.82, 2.24) is 0 Å². The third-order valence-corrected chi connectivity index (χ3v) is 6.05. The van der Waals surface area contributed by atoms with E-state index in [0.717, 1.165) is 30.6 Å². The fraction of sp³-hybridized carbons (Fsp3) is 0.588. The molecule has 0 amide bonds. The van der Waals surface area contributed by atoms with Crippen LogP contribution in [0.25, 0.3) is 0 Å². The molecular formula is C17H24O2S. The summed E-state index contributed by atoms with van der Waals surface area (Å²) in [4.78, 5) is 13.3. The van der Waals surface area contributed by atoms with Crippen LogP contribution < -0.4 is 0 Å². The maximum atomic E-state index is 12.6. The van der Waals surface area contributed by atoms with Crippen molar-refractivity contribution in [2.45, 2.75) is 56.1 Å². The number of Topliss-reactive ketones (excluding diaryl/α,β-unsaturated/α-hetero) is 1. The Labute approximate surface area is 124 Å². The van der Waals surface area contributed by atoms with E-state index in [1.807, 2.05) is 30.3 Å². The predicted molar refractivity (Wildman–Crippen MR) is 83.1 cm³/mol. The van der Waals surface area contributed by atoms with E-state index in [2.05, 4.69) is 13.8 Å². The zero-order valence-corrected chi connectivity index (χ0v) is 13.2. The molecule has 0 saturated heterocycles. The zero-order valence-electron chi connectivity index (χ0n) is 12.4. The standard InChI is InChI=1S/C17H24O2S/c1-3-5-9-13-12-16(17(18)15(13)4-2)20(19)14-10-7-6-8-11-14/h6-8,10-11,13,15-16H,3-5,9,12H2,1-2H3. The minimum absolute atomic E-state index is 0.124. The summed E-state index contributed by atoms with van der Waals surface area (Å²) in [5.41, 5.74) is 0. The van der Waals surface area contributed by atoms with Gasteiger partial charge in [0, 0.05) is 10.8 Å². The average Bonchev–Trinajstić information content (AvgIpc) is 2.81. The number of ketones is 1. The number of benzene rings is 1. The quantitative estimate of drug-likeness (QED) is 0.795. The molecule has 0 bridgehead atoms. The number of rotatable bonds is 6. The molecule has 0 spiro atoms. The van der Waals surface area contributed by atoms with Gasteiger partial charge in [-0.3, -0.25) is 9.00 Å². The van der Waals surface area contributed by atoms with E-state index < -0.39 is 10.8 Å². The Hall–Kier alpha value is -0.960. The van der Waals surface area contributed by atoms with Crippen LogP contribution in [0.1, 0.15) is 46.0 Å². The SMILES string of the molecule is CCCCC1CC(S(=O)c2ccccc2)C(=O)C1CC. The molecule has 1 aromatic carbocycles. The van der Waals surface area contributed by atoms with Crippen LogP contribution in [0.3, 0.4) is 0 Å². The monoisotopic (exact) mass is 292 g/mol. The minimum atomic E-state index is -1.19. The molecule has 20 heavy (non-hydrogen) atoms. The third-order valence-electron chi connectivity index (χ3n) is 4.37. The van der Waals surface area contributed by atoms with E-state index in [1.165, 1.54) is 6.42 Å². The number of carbonyl (C=O) groups is 1. The fourth-order valence-electron chi connectivity index (χ4n) is 3.26. The van der Waals surface area contributed by atoms with Crippen molar-refractivity contribution in [1.29, 1.82) is 0 Å². The maximum absolute atomic E-state index is 12.6. The highest BCUT2D eigenvalue weighted by Gasteiger charge is 2.43. The molecule has 1 saturated carbocycles. The second kappa shape index (κ2) is 7.16. The molecule has 2 nitrogen and oxygen atoms in total. The van der Waals surface area contributed by atoms with Crippen LogP contribution >= 0.6 is 0 Å². The van der Waals surface area contributed by atoms with Crippen molar-refractivity contribution in [2.24, 2.45) is 11.8 Å². The topological polar surface area (TPSA) is 34.1 Å².